The molecule has 4 nitrogen and oxygen atoms in total. The molecule has 1 N–H and O–H groups in total. The van der Waals surface area contributed by atoms with Crippen molar-refractivity contribution < 1.29 is 49.4 Å². The van der Waals surface area contributed by atoms with Crippen LogP contribution in [0.15, 0.2) is 18.2 Å². The van der Waals surface area contributed by atoms with Crippen molar-refractivity contribution in [3.63, 3.8) is 0 Å². The number of aromatic hydroxyl groups is 1. The molecule has 0 fully saturated rings. The normalized spacial score (nSPS) is 8.62. The topological polar surface area (TPSA) is 77.4 Å². The Balaban J connectivity index is 0.00000144. The van der Waals surface area contributed by atoms with E-state index in [9.17, 15) is 14.7 Å². The van der Waals surface area contributed by atoms with E-state index in [4.69, 9.17) is 5.11 Å². The SMILES string of the molecule is O=Cc1cccc(C(=O)[O-])c1O.[Na+]. The molecule has 0 saturated carbocycles. The molecule has 0 heterocycles. The van der Waals surface area contributed by atoms with Crippen LogP contribution in [-0.4, -0.2) is 17.4 Å². The third-order valence-corrected chi connectivity index (χ3v) is 1.41. The zero-order valence-corrected chi connectivity index (χ0v) is 8.98. The minimum atomic E-state index is -1.50. The minimum absolute atomic E-state index is 0. The number of para-hydroxylation sites is 1. The first-order chi connectivity index (χ1) is 5.66. The van der Waals surface area contributed by atoms with E-state index in [1.807, 2.05) is 0 Å². The van der Waals surface area contributed by atoms with Crippen LogP contribution in [0.2, 0.25) is 0 Å². The fraction of sp³-hybridized carbons (Fsp3) is 0. The molecular weight excluding hydrogens is 183 g/mol. The molecule has 0 aliphatic rings. The fourth-order valence-corrected chi connectivity index (χ4v) is 0.821. The van der Waals surface area contributed by atoms with E-state index in [0.717, 1.165) is 6.07 Å². The number of aldehydes is 1. The van der Waals surface area contributed by atoms with E-state index in [1.165, 1.54) is 12.1 Å². The van der Waals surface area contributed by atoms with Gasteiger partial charge >= 0.3 is 29.6 Å². The summed E-state index contributed by atoms with van der Waals surface area (Å²) < 4.78 is 0. The molecule has 1 aromatic rings. The van der Waals surface area contributed by atoms with E-state index in [2.05, 4.69) is 0 Å². The summed E-state index contributed by atoms with van der Waals surface area (Å²) in [5.41, 5.74) is -0.434. The Morgan fingerprint density at radius 2 is 2.08 bits per heavy atom. The summed E-state index contributed by atoms with van der Waals surface area (Å²) in [6, 6.07) is 3.83. The van der Waals surface area contributed by atoms with E-state index >= 15 is 0 Å². The largest absolute Gasteiger partial charge is 1.00 e. The standard InChI is InChI=1S/C8H6O4.Na/c9-4-5-2-1-3-6(7(5)10)8(11)12;/h1-4,10H,(H,11,12);/q;+1/p-1. The Hall–Kier alpha value is -0.840. The first kappa shape index (κ1) is 12.2. The van der Waals surface area contributed by atoms with E-state index in [1.54, 1.807) is 0 Å². The van der Waals surface area contributed by atoms with Gasteiger partial charge in [0.15, 0.2) is 6.29 Å². The van der Waals surface area contributed by atoms with Crippen molar-refractivity contribution in [3.05, 3.63) is 29.3 Å². The molecule has 0 aliphatic carbocycles. The molecule has 13 heavy (non-hydrogen) atoms. The zero-order chi connectivity index (χ0) is 9.14. The average molecular weight is 188 g/mol. The minimum Gasteiger partial charge on any atom is -0.545 e. The number of carbonyl (C=O) groups is 2. The first-order valence-electron chi connectivity index (χ1n) is 3.15. The number of rotatable bonds is 2. The van der Waals surface area contributed by atoms with Gasteiger partial charge in [0.05, 0.1) is 11.5 Å². The molecule has 0 unspecified atom stereocenters. The number of aromatic carboxylic acids is 1. The molecule has 0 aliphatic heterocycles. The average Bonchev–Trinajstić information content (AvgIpc) is 2.04. The maximum Gasteiger partial charge on any atom is 1.00 e. The molecule has 0 saturated heterocycles. The summed E-state index contributed by atoms with van der Waals surface area (Å²) in [6.45, 7) is 0. The van der Waals surface area contributed by atoms with Gasteiger partial charge in [0.25, 0.3) is 0 Å². The maximum atomic E-state index is 10.3. The molecule has 0 aromatic heterocycles. The van der Waals surface area contributed by atoms with E-state index in [0.29, 0.717) is 6.29 Å². The number of carboxylic acids is 1. The predicted octanol–water partition coefficient (Wildman–Crippen LogP) is -3.43. The van der Waals surface area contributed by atoms with Crippen molar-refractivity contribution in [1.82, 2.24) is 0 Å². The Kier molecular flexibility index (Phi) is 4.69. The molecule has 0 radical (unpaired) electrons. The van der Waals surface area contributed by atoms with Gasteiger partial charge in [-0.05, 0) is 12.1 Å². The summed E-state index contributed by atoms with van der Waals surface area (Å²) in [6.07, 6.45) is 0.377. The molecule has 0 spiro atoms. The van der Waals surface area contributed by atoms with Crippen LogP contribution in [0.3, 0.4) is 0 Å². The summed E-state index contributed by atoms with van der Waals surface area (Å²) in [5, 5.41) is 19.4. The summed E-state index contributed by atoms with van der Waals surface area (Å²) in [5.74, 6) is -2.05. The van der Waals surface area contributed by atoms with Crippen molar-refractivity contribution in [2.45, 2.75) is 0 Å². The van der Waals surface area contributed by atoms with E-state index < -0.39 is 11.7 Å². The second kappa shape index (κ2) is 5.01. The van der Waals surface area contributed by atoms with Gasteiger partial charge in [-0.1, -0.05) is 6.07 Å². The van der Waals surface area contributed by atoms with Crippen molar-refractivity contribution in [2.24, 2.45) is 0 Å². The van der Waals surface area contributed by atoms with Crippen LogP contribution in [0.4, 0.5) is 0 Å². The fourth-order valence-electron chi connectivity index (χ4n) is 0.821. The molecule has 5 heteroatoms. The monoisotopic (exact) mass is 188 g/mol. The molecule has 0 amide bonds. The van der Waals surface area contributed by atoms with Crippen LogP contribution < -0.4 is 34.7 Å². The Bertz CT molecular complexity index is 335. The molecule has 0 atom stereocenters. The quantitative estimate of drug-likeness (QED) is 0.387. The van der Waals surface area contributed by atoms with Gasteiger partial charge < -0.3 is 15.0 Å². The van der Waals surface area contributed by atoms with Crippen molar-refractivity contribution >= 4 is 12.3 Å². The van der Waals surface area contributed by atoms with Crippen LogP contribution >= 0.6 is 0 Å². The second-order valence-electron chi connectivity index (χ2n) is 2.15. The van der Waals surface area contributed by atoms with Gasteiger partial charge in [0.2, 0.25) is 0 Å². The Morgan fingerprint density at radius 1 is 1.46 bits per heavy atom. The predicted molar refractivity (Wildman–Crippen MR) is 37.8 cm³/mol. The Labute approximate surface area is 96.5 Å². The summed E-state index contributed by atoms with van der Waals surface area (Å²) in [4.78, 5) is 20.5. The van der Waals surface area contributed by atoms with Gasteiger partial charge in [-0.15, -0.1) is 0 Å². The van der Waals surface area contributed by atoms with Crippen LogP contribution in [-0.2, 0) is 0 Å². The van der Waals surface area contributed by atoms with Gasteiger partial charge in [0.1, 0.15) is 5.75 Å². The number of carboxylic acid groups (broad SMARTS) is 1. The van der Waals surface area contributed by atoms with Crippen LogP contribution in [0.25, 0.3) is 0 Å². The van der Waals surface area contributed by atoms with Crippen LogP contribution in [0.1, 0.15) is 20.7 Å². The molecule has 1 rings (SSSR count). The summed E-state index contributed by atoms with van der Waals surface area (Å²) in [7, 11) is 0. The molecule has 0 bridgehead atoms. The number of carbonyl (C=O) groups excluding carboxylic acids is 2. The zero-order valence-electron chi connectivity index (χ0n) is 6.98. The number of hydrogen-bond donors (Lipinski definition) is 1. The Morgan fingerprint density at radius 3 is 2.54 bits per heavy atom. The van der Waals surface area contributed by atoms with Crippen LogP contribution in [0, 0.1) is 0 Å². The molecule has 1 aromatic carbocycles. The number of benzene rings is 1. The smallest absolute Gasteiger partial charge is 0.545 e. The van der Waals surface area contributed by atoms with Crippen molar-refractivity contribution in [2.75, 3.05) is 0 Å². The maximum absolute atomic E-state index is 10.3. The second-order valence-corrected chi connectivity index (χ2v) is 2.15. The van der Waals surface area contributed by atoms with Crippen molar-refractivity contribution in [1.29, 1.82) is 0 Å². The third-order valence-electron chi connectivity index (χ3n) is 1.41. The number of hydrogen-bond acceptors (Lipinski definition) is 4. The molecule has 62 valence electrons. The third kappa shape index (κ3) is 2.55. The van der Waals surface area contributed by atoms with Gasteiger partial charge in [0, 0.05) is 5.56 Å². The van der Waals surface area contributed by atoms with Gasteiger partial charge in [-0.3, -0.25) is 4.79 Å². The van der Waals surface area contributed by atoms with Crippen molar-refractivity contribution in [3.8, 4) is 5.75 Å². The first-order valence-corrected chi connectivity index (χ1v) is 3.15. The number of phenols is 1. The summed E-state index contributed by atoms with van der Waals surface area (Å²) >= 11 is 0. The van der Waals surface area contributed by atoms with Gasteiger partial charge in [-0.2, -0.15) is 0 Å². The van der Waals surface area contributed by atoms with Crippen LogP contribution in [0.5, 0.6) is 5.75 Å². The molecular formula is C8H5NaO4. The van der Waals surface area contributed by atoms with E-state index in [-0.39, 0.29) is 40.7 Å². The van der Waals surface area contributed by atoms with Gasteiger partial charge in [-0.25, -0.2) is 0 Å².